The Balaban J connectivity index is 1.77. The largest absolute Gasteiger partial charge is 0.492 e. The topological polar surface area (TPSA) is 80.0 Å². The Morgan fingerprint density at radius 1 is 1.32 bits per heavy atom. The molecule has 0 atom stereocenters. The van der Waals surface area contributed by atoms with Gasteiger partial charge in [0.2, 0.25) is 5.91 Å². The number of hydrogen-bond donors (Lipinski definition) is 1. The Bertz CT molecular complexity index is 756. The van der Waals surface area contributed by atoms with Gasteiger partial charge in [-0.05, 0) is 31.5 Å². The van der Waals surface area contributed by atoms with Crippen LogP contribution < -0.4 is 4.74 Å². The van der Waals surface area contributed by atoms with Crippen LogP contribution in [0.1, 0.15) is 34.7 Å². The van der Waals surface area contributed by atoms with Crippen molar-refractivity contribution >= 4 is 23.5 Å². The molecular weight excluding hydrogens is 346 g/mol. The number of carbonyl (C=O) groups excluding carboxylic acids is 1. The molecule has 134 valence electrons. The van der Waals surface area contributed by atoms with Crippen molar-refractivity contribution in [1.29, 1.82) is 0 Å². The summed E-state index contributed by atoms with van der Waals surface area (Å²) < 4.78 is 10.9. The monoisotopic (exact) mass is 365 g/mol. The van der Waals surface area contributed by atoms with Gasteiger partial charge in [0.15, 0.2) is 0 Å². The van der Waals surface area contributed by atoms with Gasteiger partial charge in [-0.3, -0.25) is 4.79 Å². The molecule has 6 nitrogen and oxygen atoms in total. The fourth-order valence-electron chi connectivity index (χ4n) is 2.31. The molecule has 2 aromatic rings. The quantitative estimate of drug-likeness (QED) is 0.720. The third-order valence-electron chi connectivity index (χ3n) is 3.65. The number of furan rings is 1. The van der Waals surface area contributed by atoms with E-state index in [2.05, 4.69) is 0 Å². The highest BCUT2D eigenvalue weighted by atomic mass is 35.5. The van der Waals surface area contributed by atoms with Crippen LogP contribution >= 0.6 is 11.6 Å². The van der Waals surface area contributed by atoms with Crippen LogP contribution in [0.3, 0.4) is 0 Å². The molecule has 0 aliphatic heterocycles. The van der Waals surface area contributed by atoms with Crippen molar-refractivity contribution in [3.05, 3.63) is 52.4 Å². The number of carboxylic acids is 1. The Morgan fingerprint density at radius 3 is 2.68 bits per heavy atom. The van der Waals surface area contributed by atoms with E-state index in [4.69, 9.17) is 25.9 Å². The fraction of sp³-hybridized carbons (Fsp3) is 0.333. The number of nitrogens with zero attached hydrogens (tertiary/aromatic N) is 1. The van der Waals surface area contributed by atoms with Gasteiger partial charge < -0.3 is 19.2 Å². The maximum absolute atomic E-state index is 12.1. The van der Waals surface area contributed by atoms with E-state index in [-0.39, 0.29) is 18.0 Å². The first kappa shape index (κ1) is 18.9. The van der Waals surface area contributed by atoms with Crippen LogP contribution in [0.15, 0.2) is 34.7 Å². The number of para-hydroxylation sites is 1. The predicted octanol–water partition coefficient (Wildman–Crippen LogP) is 3.76. The number of rotatable bonds is 8. The second kappa shape index (κ2) is 8.58. The number of halogens is 1. The number of hydrogen-bond acceptors (Lipinski definition) is 4. The number of aryl methyl sites for hydroxylation is 1. The molecule has 1 N–H and O–H groups in total. The minimum absolute atomic E-state index is 0.0753. The molecule has 0 aliphatic carbocycles. The highest BCUT2D eigenvalue weighted by molar-refractivity contribution is 6.32. The lowest BCUT2D eigenvalue weighted by atomic mass is 10.2. The minimum atomic E-state index is -1.04. The molecule has 1 amide bonds. The van der Waals surface area contributed by atoms with Gasteiger partial charge in [0.05, 0.1) is 18.2 Å². The Labute approximate surface area is 150 Å². The first-order valence-corrected chi connectivity index (χ1v) is 8.20. The van der Waals surface area contributed by atoms with Crippen LogP contribution in [0.5, 0.6) is 5.75 Å². The zero-order valence-electron chi connectivity index (χ0n) is 14.1. The molecule has 0 spiro atoms. The first-order valence-electron chi connectivity index (χ1n) is 7.82. The molecule has 0 bridgehead atoms. The summed E-state index contributed by atoms with van der Waals surface area (Å²) in [5.74, 6) is 0.249. The normalized spacial score (nSPS) is 10.5. The van der Waals surface area contributed by atoms with Gasteiger partial charge in [0, 0.05) is 13.5 Å². The Kier molecular flexibility index (Phi) is 6.47. The highest BCUT2D eigenvalue weighted by Gasteiger charge is 2.16. The average Bonchev–Trinajstić information content (AvgIpc) is 2.93. The van der Waals surface area contributed by atoms with Crippen LogP contribution in [0, 0.1) is 6.92 Å². The van der Waals surface area contributed by atoms with Crippen LogP contribution in [0.4, 0.5) is 0 Å². The number of benzene rings is 1. The molecule has 7 heteroatoms. The summed E-state index contributed by atoms with van der Waals surface area (Å²) in [4.78, 5) is 24.6. The number of carboxylic acid groups (broad SMARTS) is 1. The van der Waals surface area contributed by atoms with Gasteiger partial charge in [-0.2, -0.15) is 0 Å². The first-order chi connectivity index (χ1) is 11.9. The van der Waals surface area contributed by atoms with Gasteiger partial charge >= 0.3 is 5.97 Å². The summed E-state index contributed by atoms with van der Waals surface area (Å²) >= 11 is 5.99. The lowest BCUT2D eigenvalue weighted by Gasteiger charge is -2.15. The van der Waals surface area contributed by atoms with E-state index < -0.39 is 5.97 Å². The van der Waals surface area contributed by atoms with Crippen LogP contribution in [0.25, 0.3) is 0 Å². The summed E-state index contributed by atoms with van der Waals surface area (Å²) in [6.45, 7) is 2.19. The maximum Gasteiger partial charge on any atom is 0.339 e. The minimum Gasteiger partial charge on any atom is -0.492 e. The molecule has 0 saturated heterocycles. The van der Waals surface area contributed by atoms with E-state index in [0.717, 1.165) is 0 Å². The molecule has 1 aromatic carbocycles. The third kappa shape index (κ3) is 5.26. The van der Waals surface area contributed by atoms with Gasteiger partial charge in [0.1, 0.15) is 22.8 Å². The van der Waals surface area contributed by atoms with E-state index >= 15 is 0 Å². The Hall–Kier alpha value is -2.47. The van der Waals surface area contributed by atoms with Crippen LogP contribution in [0.2, 0.25) is 5.02 Å². The standard InChI is InChI=1S/C18H20ClNO5/c1-12-14(18(22)23)10-13(25-12)11-20(2)17(21)8-5-9-24-16-7-4-3-6-15(16)19/h3-4,6-7,10H,5,8-9,11H2,1-2H3,(H,22,23). The van der Waals surface area contributed by atoms with Gasteiger partial charge in [0.25, 0.3) is 0 Å². The molecule has 2 rings (SSSR count). The summed E-state index contributed by atoms with van der Waals surface area (Å²) in [5, 5.41) is 9.55. The van der Waals surface area contributed by atoms with Crippen molar-refractivity contribution in [2.75, 3.05) is 13.7 Å². The second-order valence-electron chi connectivity index (χ2n) is 5.62. The van der Waals surface area contributed by atoms with Crippen molar-refractivity contribution in [3.8, 4) is 5.75 Å². The summed E-state index contributed by atoms with van der Waals surface area (Å²) in [5.41, 5.74) is 0.115. The summed E-state index contributed by atoms with van der Waals surface area (Å²) in [6, 6.07) is 8.61. The van der Waals surface area contributed by atoms with E-state index in [1.165, 1.54) is 11.0 Å². The fourth-order valence-corrected chi connectivity index (χ4v) is 2.50. The molecule has 1 heterocycles. The molecule has 0 unspecified atom stereocenters. The number of carbonyl (C=O) groups is 2. The zero-order valence-corrected chi connectivity index (χ0v) is 14.9. The molecule has 0 saturated carbocycles. The van der Waals surface area contributed by atoms with Crippen molar-refractivity contribution in [2.45, 2.75) is 26.3 Å². The van der Waals surface area contributed by atoms with E-state index in [9.17, 15) is 9.59 Å². The van der Waals surface area contributed by atoms with Crippen molar-refractivity contribution in [3.63, 3.8) is 0 Å². The van der Waals surface area contributed by atoms with Gasteiger partial charge in [-0.25, -0.2) is 4.79 Å². The summed E-state index contributed by atoms with van der Waals surface area (Å²) in [6.07, 6.45) is 0.860. The average molecular weight is 366 g/mol. The molecule has 0 fully saturated rings. The second-order valence-corrected chi connectivity index (χ2v) is 6.03. The van der Waals surface area contributed by atoms with E-state index in [1.54, 1.807) is 26.1 Å². The predicted molar refractivity (Wildman–Crippen MR) is 93.1 cm³/mol. The van der Waals surface area contributed by atoms with Crippen LogP contribution in [-0.2, 0) is 11.3 Å². The van der Waals surface area contributed by atoms with E-state index in [1.807, 2.05) is 12.1 Å². The summed E-state index contributed by atoms with van der Waals surface area (Å²) in [7, 11) is 1.65. The Morgan fingerprint density at radius 2 is 2.04 bits per heavy atom. The van der Waals surface area contributed by atoms with Crippen molar-refractivity contribution in [1.82, 2.24) is 4.90 Å². The third-order valence-corrected chi connectivity index (χ3v) is 3.96. The highest BCUT2D eigenvalue weighted by Crippen LogP contribution is 2.23. The molecule has 1 aromatic heterocycles. The van der Waals surface area contributed by atoms with E-state index in [0.29, 0.717) is 41.7 Å². The zero-order chi connectivity index (χ0) is 18.4. The van der Waals surface area contributed by atoms with Gasteiger partial charge in [-0.1, -0.05) is 23.7 Å². The molecule has 0 aliphatic rings. The molecule has 0 radical (unpaired) electrons. The number of amides is 1. The molecule has 25 heavy (non-hydrogen) atoms. The van der Waals surface area contributed by atoms with Gasteiger partial charge in [-0.15, -0.1) is 0 Å². The maximum atomic E-state index is 12.1. The number of ether oxygens (including phenoxy) is 1. The SMILES string of the molecule is Cc1oc(CN(C)C(=O)CCCOc2ccccc2Cl)cc1C(=O)O. The van der Waals surface area contributed by atoms with Crippen LogP contribution in [-0.4, -0.2) is 35.5 Å². The lowest BCUT2D eigenvalue weighted by Crippen LogP contribution is -2.26. The van der Waals surface area contributed by atoms with Crippen molar-refractivity contribution in [2.24, 2.45) is 0 Å². The van der Waals surface area contributed by atoms with Crippen molar-refractivity contribution < 1.29 is 23.8 Å². The molecular formula is C18H20ClNO5. The smallest absolute Gasteiger partial charge is 0.339 e. The lowest BCUT2D eigenvalue weighted by molar-refractivity contribution is -0.130. The number of aromatic carboxylic acids is 1.